The van der Waals surface area contributed by atoms with Crippen molar-refractivity contribution in [3.05, 3.63) is 41.5 Å². The number of aliphatic hydroxyl groups is 1. The average molecular weight is 276 g/mol. The first-order chi connectivity index (χ1) is 9.25. The SMILES string of the molecule is CCOC(=O)C(=O)C=C(O)c1ccc(C(C)(C)C)cc1. The lowest BCUT2D eigenvalue weighted by molar-refractivity contribution is -0.151. The predicted octanol–water partition coefficient (Wildman–Crippen LogP) is 3.02. The summed E-state index contributed by atoms with van der Waals surface area (Å²) in [4.78, 5) is 22.6. The molecule has 0 aliphatic heterocycles. The summed E-state index contributed by atoms with van der Waals surface area (Å²) in [5.74, 6) is -2.09. The van der Waals surface area contributed by atoms with E-state index in [0.717, 1.165) is 11.6 Å². The van der Waals surface area contributed by atoms with E-state index in [-0.39, 0.29) is 17.8 Å². The van der Waals surface area contributed by atoms with Crippen LogP contribution in [0.3, 0.4) is 0 Å². The highest BCUT2D eigenvalue weighted by atomic mass is 16.5. The summed E-state index contributed by atoms with van der Waals surface area (Å²) in [6, 6.07) is 7.19. The molecule has 0 radical (unpaired) electrons. The molecule has 4 nitrogen and oxygen atoms in total. The Morgan fingerprint density at radius 1 is 1.20 bits per heavy atom. The molecule has 0 aliphatic carbocycles. The van der Waals surface area contributed by atoms with Gasteiger partial charge in [0.15, 0.2) is 0 Å². The van der Waals surface area contributed by atoms with Gasteiger partial charge in [0.25, 0.3) is 5.78 Å². The zero-order valence-electron chi connectivity index (χ0n) is 12.3. The molecule has 0 aliphatic rings. The standard InChI is InChI=1S/C16H20O4/c1-5-20-15(19)14(18)10-13(17)11-6-8-12(9-7-11)16(2,3)4/h6-10,17H,5H2,1-4H3. The Hall–Kier alpha value is -2.10. The number of carbonyl (C=O) groups excluding carboxylic acids is 2. The largest absolute Gasteiger partial charge is 0.507 e. The Morgan fingerprint density at radius 3 is 2.20 bits per heavy atom. The number of ether oxygens (including phenoxy) is 1. The molecule has 0 fully saturated rings. The van der Waals surface area contributed by atoms with Crippen molar-refractivity contribution in [1.29, 1.82) is 0 Å². The number of ketones is 1. The molecule has 0 unspecified atom stereocenters. The average Bonchev–Trinajstić information content (AvgIpc) is 2.38. The van der Waals surface area contributed by atoms with Crippen LogP contribution < -0.4 is 0 Å². The van der Waals surface area contributed by atoms with E-state index in [4.69, 9.17) is 0 Å². The van der Waals surface area contributed by atoms with E-state index in [9.17, 15) is 14.7 Å². The molecule has 20 heavy (non-hydrogen) atoms. The highest BCUT2D eigenvalue weighted by Gasteiger charge is 2.15. The van der Waals surface area contributed by atoms with Crippen LogP contribution in [0.5, 0.6) is 0 Å². The Kier molecular flexibility index (Phi) is 5.08. The van der Waals surface area contributed by atoms with Crippen molar-refractivity contribution in [1.82, 2.24) is 0 Å². The van der Waals surface area contributed by atoms with E-state index in [0.29, 0.717) is 5.56 Å². The molecular formula is C16H20O4. The van der Waals surface area contributed by atoms with Crippen molar-refractivity contribution < 1.29 is 19.4 Å². The number of hydrogen-bond donors (Lipinski definition) is 1. The van der Waals surface area contributed by atoms with Gasteiger partial charge in [0.05, 0.1) is 6.61 Å². The summed E-state index contributed by atoms with van der Waals surface area (Å²) < 4.78 is 4.56. The van der Waals surface area contributed by atoms with Gasteiger partial charge < -0.3 is 9.84 Å². The summed E-state index contributed by atoms with van der Waals surface area (Å²) in [5.41, 5.74) is 1.61. The molecule has 0 saturated carbocycles. The van der Waals surface area contributed by atoms with Gasteiger partial charge in [0.2, 0.25) is 0 Å². The van der Waals surface area contributed by atoms with Crippen LogP contribution in [0.1, 0.15) is 38.8 Å². The van der Waals surface area contributed by atoms with Crippen LogP contribution >= 0.6 is 0 Å². The fraction of sp³-hybridized carbons (Fsp3) is 0.375. The maximum atomic E-state index is 11.4. The van der Waals surface area contributed by atoms with Gasteiger partial charge in [-0.25, -0.2) is 4.79 Å². The third-order valence-corrected chi connectivity index (χ3v) is 2.79. The normalized spacial score (nSPS) is 12.1. The zero-order valence-corrected chi connectivity index (χ0v) is 12.3. The van der Waals surface area contributed by atoms with E-state index in [1.807, 2.05) is 12.1 Å². The van der Waals surface area contributed by atoms with E-state index < -0.39 is 11.8 Å². The highest BCUT2D eigenvalue weighted by molar-refractivity contribution is 6.39. The third-order valence-electron chi connectivity index (χ3n) is 2.79. The second kappa shape index (κ2) is 6.37. The quantitative estimate of drug-likeness (QED) is 0.397. The minimum atomic E-state index is -0.967. The summed E-state index contributed by atoms with van der Waals surface area (Å²) in [6.07, 6.45) is 0.879. The number of esters is 1. The number of aliphatic hydroxyl groups excluding tert-OH is 1. The molecule has 0 spiro atoms. The monoisotopic (exact) mass is 276 g/mol. The molecule has 1 aromatic carbocycles. The summed E-state index contributed by atoms with van der Waals surface area (Å²) in [6.45, 7) is 7.99. The van der Waals surface area contributed by atoms with Crippen molar-refractivity contribution in [2.45, 2.75) is 33.1 Å². The fourth-order valence-electron chi connectivity index (χ4n) is 1.61. The number of benzene rings is 1. The molecular weight excluding hydrogens is 256 g/mol. The van der Waals surface area contributed by atoms with Crippen molar-refractivity contribution in [2.75, 3.05) is 6.61 Å². The van der Waals surface area contributed by atoms with Gasteiger partial charge in [0.1, 0.15) is 5.76 Å². The third kappa shape index (κ3) is 4.23. The van der Waals surface area contributed by atoms with Crippen LogP contribution in [0.2, 0.25) is 0 Å². The molecule has 1 aromatic rings. The Morgan fingerprint density at radius 2 is 1.75 bits per heavy atom. The maximum Gasteiger partial charge on any atom is 0.379 e. The topological polar surface area (TPSA) is 63.6 Å². The highest BCUT2D eigenvalue weighted by Crippen LogP contribution is 2.23. The van der Waals surface area contributed by atoms with E-state index >= 15 is 0 Å². The van der Waals surface area contributed by atoms with Crippen molar-refractivity contribution in [2.24, 2.45) is 0 Å². The molecule has 108 valence electrons. The second-order valence-electron chi connectivity index (χ2n) is 5.44. The second-order valence-corrected chi connectivity index (χ2v) is 5.44. The van der Waals surface area contributed by atoms with E-state index in [1.165, 1.54) is 0 Å². The van der Waals surface area contributed by atoms with Gasteiger partial charge >= 0.3 is 5.97 Å². The van der Waals surface area contributed by atoms with Crippen LogP contribution in [0.4, 0.5) is 0 Å². The maximum absolute atomic E-state index is 11.4. The number of hydrogen-bond acceptors (Lipinski definition) is 4. The van der Waals surface area contributed by atoms with Crippen LogP contribution in [-0.2, 0) is 19.7 Å². The first-order valence-electron chi connectivity index (χ1n) is 6.48. The van der Waals surface area contributed by atoms with Crippen LogP contribution in [0, 0.1) is 0 Å². The van der Waals surface area contributed by atoms with Gasteiger partial charge in [-0.1, -0.05) is 45.0 Å². The minimum Gasteiger partial charge on any atom is -0.507 e. The number of rotatable bonds is 4. The van der Waals surface area contributed by atoms with Crippen molar-refractivity contribution in [3.63, 3.8) is 0 Å². The lowest BCUT2D eigenvalue weighted by Gasteiger charge is -2.19. The predicted molar refractivity (Wildman–Crippen MR) is 77.4 cm³/mol. The van der Waals surface area contributed by atoms with Gasteiger partial charge in [-0.2, -0.15) is 0 Å². The Labute approximate surface area is 119 Å². The molecule has 1 N–H and O–H groups in total. The molecule has 1 rings (SSSR count). The van der Waals surface area contributed by atoms with Crippen molar-refractivity contribution in [3.8, 4) is 0 Å². The molecule has 0 saturated heterocycles. The first kappa shape index (κ1) is 16.0. The number of carbonyl (C=O) groups is 2. The Bertz CT molecular complexity index is 518. The smallest absolute Gasteiger partial charge is 0.379 e. The van der Waals surface area contributed by atoms with Crippen LogP contribution in [0.25, 0.3) is 5.76 Å². The molecule has 0 bridgehead atoms. The van der Waals surface area contributed by atoms with Crippen LogP contribution in [0.15, 0.2) is 30.3 Å². The van der Waals surface area contributed by atoms with Gasteiger partial charge in [-0.05, 0) is 17.9 Å². The van der Waals surface area contributed by atoms with Gasteiger partial charge in [-0.15, -0.1) is 0 Å². The van der Waals surface area contributed by atoms with Gasteiger partial charge in [0, 0.05) is 11.6 Å². The van der Waals surface area contributed by atoms with Crippen LogP contribution in [-0.4, -0.2) is 23.5 Å². The molecule has 0 heterocycles. The summed E-state index contributed by atoms with van der Waals surface area (Å²) >= 11 is 0. The molecule has 4 heteroatoms. The lowest BCUT2D eigenvalue weighted by Crippen LogP contribution is -2.15. The van der Waals surface area contributed by atoms with Crippen molar-refractivity contribution >= 4 is 17.5 Å². The van der Waals surface area contributed by atoms with Gasteiger partial charge in [-0.3, -0.25) is 4.79 Å². The Balaban J connectivity index is 2.90. The first-order valence-corrected chi connectivity index (χ1v) is 6.48. The zero-order chi connectivity index (χ0) is 15.3. The minimum absolute atomic E-state index is 0.0125. The van der Waals surface area contributed by atoms with E-state index in [1.54, 1.807) is 19.1 Å². The lowest BCUT2D eigenvalue weighted by atomic mass is 9.86. The molecule has 0 amide bonds. The molecule has 0 aromatic heterocycles. The van der Waals surface area contributed by atoms with E-state index in [2.05, 4.69) is 25.5 Å². The summed E-state index contributed by atoms with van der Waals surface area (Å²) in [5, 5.41) is 9.83. The fourth-order valence-corrected chi connectivity index (χ4v) is 1.61. The molecule has 0 atom stereocenters. The summed E-state index contributed by atoms with van der Waals surface area (Å²) in [7, 11) is 0.